The molecule has 1 aliphatic heterocycles. The van der Waals surface area contributed by atoms with Crippen LogP contribution in [0.2, 0.25) is 0 Å². The van der Waals surface area contributed by atoms with Crippen LogP contribution in [-0.4, -0.2) is 38.6 Å². The van der Waals surface area contributed by atoms with Crippen LogP contribution in [0.15, 0.2) is 15.7 Å². The Morgan fingerprint density at radius 3 is 2.83 bits per heavy atom. The second-order valence-corrected chi connectivity index (χ2v) is 4.14. The van der Waals surface area contributed by atoms with Crippen molar-refractivity contribution in [3.63, 3.8) is 0 Å². The maximum Gasteiger partial charge on any atom is 0.330 e. The number of ether oxygens (including phenoxy) is 1. The number of nitrogens with zero attached hydrogens (tertiary/aromatic N) is 1. The molecule has 2 rings (SSSR count). The van der Waals surface area contributed by atoms with Crippen molar-refractivity contribution in [1.82, 2.24) is 9.55 Å². The van der Waals surface area contributed by atoms with Crippen LogP contribution < -0.4 is 17.0 Å². The lowest BCUT2D eigenvalue weighted by atomic mass is 10.2. The third kappa shape index (κ3) is 2.23. The van der Waals surface area contributed by atoms with Gasteiger partial charge in [0.1, 0.15) is 6.10 Å². The van der Waals surface area contributed by atoms with Gasteiger partial charge < -0.3 is 20.7 Å². The number of aliphatic hydroxyl groups excluding tert-OH is 2. The summed E-state index contributed by atoms with van der Waals surface area (Å²) < 4.78 is 6.47. The molecule has 0 unspecified atom stereocenters. The first-order valence-corrected chi connectivity index (χ1v) is 5.56. The first kappa shape index (κ1) is 13.0. The minimum atomic E-state index is -0.940. The van der Waals surface area contributed by atoms with Crippen molar-refractivity contribution in [2.24, 2.45) is 5.73 Å². The summed E-state index contributed by atoms with van der Waals surface area (Å²) in [6.45, 7) is -0.279. The lowest BCUT2D eigenvalue weighted by molar-refractivity contribution is -0.0544. The number of hydrogen-bond acceptors (Lipinski definition) is 6. The third-order valence-electron chi connectivity index (χ3n) is 2.89. The SMILES string of the molecule is NCc1cc(=O)[nH]c(=O)n1[C@@H]1O[C@H](CO)C[C@H]1O. The van der Waals surface area contributed by atoms with E-state index in [0.29, 0.717) is 0 Å². The average Bonchev–Trinajstić information content (AvgIpc) is 2.69. The average molecular weight is 257 g/mol. The number of hydrogen-bond donors (Lipinski definition) is 4. The number of H-pyrrole nitrogens is 1. The zero-order valence-corrected chi connectivity index (χ0v) is 9.57. The van der Waals surface area contributed by atoms with E-state index in [4.69, 9.17) is 15.6 Å². The topological polar surface area (TPSA) is 131 Å². The van der Waals surface area contributed by atoms with E-state index in [0.717, 1.165) is 4.57 Å². The molecule has 2 heterocycles. The molecule has 0 amide bonds. The van der Waals surface area contributed by atoms with E-state index in [9.17, 15) is 14.7 Å². The van der Waals surface area contributed by atoms with Gasteiger partial charge in [0.15, 0.2) is 6.23 Å². The Morgan fingerprint density at radius 1 is 1.56 bits per heavy atom. The quantitative estimate of drug-likeness (QED) is 0.479. The minimum Gasteiger partial charge on any atom is -0.394 e. The third-order valence-corrected chi connectivity index (χ3v) is 2.89. The van der Waals surface area contributed by atoms with Gasteiger partial charge >= 0.3 is 5.69 Å². The van der Waals surface area contributed by atoms with E-state index in [1.54, 1.807) is 0 Å². The smallest absolute Gasteiger partial charge is 0.330 e. The molecular weight excluding hydrogens is 242 g/mol. The summed E-state index contributed by atoms with van der Waals surface area (Å²) in [6.07, 6.45) is -2.19. The zero-order chi connectivity index (χ0) is 13.3. The van der Waals surface area contributed by atoms with Crippen LogP contribution in [-0.2, 0) is 11.3 Å². The molecule has 1 saturated heterocycles. The summed E-state index contributed by atoms with van der Waals surface area (Å²) in [6, 6.07) is 1.18. The molecule has 0 radical (unpaired) electrons. The maximum atomic E-state index is 11.7. The van der Waals surface area contributed by atoms with Crippen molar-refractivity contribution in [3.05, 3.63) is 32.6 Å². The lowest BCUT2D eigenvalue weighted by Crippen LogP contribution is -2.38. The summed E-state index contributed by atoms with van der Waals surface area (Å²) in [5, 5.41) is 18.8. The van der Waals surface area contributed by atoms with Crippen LogP contribution in [0.3, 0.4) is 0 Å². The van der Waals surface area contributed by atoms with Crippen molar-refractivity contribution in [3.8, 4) is 0 Å². The van der Waals surface area contributed by atoms with Gasteiger partial charge in [0.05, 0.1) is 12.7 Å². The van der Waals surface area contributed by atoms with Crippen LogP contribution in [0.5, 0.6) is 0 Å². The molecule has 0 aromatic carbocycles. The number of rotatable bonds is 3. The first-order valence-electron chi connectivity index (χ1n) is 5.56. The molecule has 1 fully saturated rings. The minimum absolute atomic E-state index is 0.0322. The number of nitrogens with one attached hydrogen (secondary N) is 1. The molecule has 1 aromatic heterocycles. The second-order valence-electron chi connectivity index (χ2n) is 4.14. The van der Waals surface area contributed by atoms with Gasteiger partial charge in [-0.2, -0.15) is 0 Å². The molecule has 8 heteroatoms. The molecule has 0 spiro atoms. The van der Waals surface area contributed by atoms with Crippen molar-refractivity contribution in [2.75, 3.05) is 6.61 Å². The monoisotopic (exact) mass is 257 g/mol. The van der Waals surface area contributed by atoms with E-state index in [2.05, 4.69) is 4.98 Å². The highest BCUT2D eigenvalue weighted by Gasteiger charge is 2.36. The normalized spacial score (nSPS) is 27.6. The van der Waals surface area contributed by atoms with Gasteiger partial charge in [0, 0.05) is 24.7 Å². The fourth-order valence-electron chi connectivity index (χ4n) is 2.07. The van der Waals surface area contributed by atoms with Gasteiger partial charge in [0.25, 0.3) is 5.56 Å². The number of aromatic amines is 1. The predicted molar refractivity (Wildman–Crippen MR) is 60.8 cm³/mol. The molecule has 8 nitrogen and oxygen atoms in total. The molecule has 3 atom stereocenters. The van der Waals surface area contributed by atoms with Gasteiger partial charge in [-0.25, -0.2) is 4.79 Å². The van der Waals surface area contributed by atoms with Crippen LogP contribution in [0, 0.1) is 0 Å². The van der Waals surface area contributed by atoms with Gasteiger partial charge in [-0.15, -0.1) is 0 Å². The van der Waals surface area contributed by atoms with Crippen LogP contribution in [0.4, 0.5) is 0 Å². The Labute approximate surface area is 102 Å². The van der Waals surface area contributed by atoms with Crippen LogP contribution in [0.1, 0.15) is 18.3 Å². The molecule has 0 saturated carbocycles. The molecule has 0 bridgehead atoms. The number of nitrogens with two attached hydrogens (primary N) is 1. The lowest BCUT2D eigenvalue weighted by Gasteiger charge is -2.20. The van der Waals surface area contributed by atoms with Gasteiger partial charge in [-0.3, -0.25) is 14.3 Å². The van der Waals surface area contributed by atoms with Crippen LogP contribution >= 0.6 is 0 Å². The summed E-state index contributed by atoms with van der Waals surface area (Å²) in [5.41, 5.74) is 4.50. The summed E-state index contributed by atoms with van der Waals surface area (Å²) in [4.78, 5) is 25.0. The number of aliphatic hydroxyl groups is 2. The fourth-order valence-corrected chi connectivity index (χ4v) is 2.07. The standard InChI is InChI=1S/C10H15N3O5/c11-3-5-1-8(16)12-10(17)13(5)9-7(15)2-6(4-14)18-9/h1,6-7,9,14-15H,2-4,11H2,(H,12,16,17)/t6-,7+,9+/m0/s1. The molecule has 5 N–H and O–H groups in total. The van der Waals surface area contributed by atoms with Crippen LogP contribution in [0.25, 0.3) is 0 Å². The molecule has 100 valence electrons. The highest BCUT2D eigenvalue weighted by Crippen LogP contribution is 2.28. The zero-order valence-electron chi connectivity index (χ0n) is 9.57. The first-order chi connectivity index (χ1) is 8.56. The Morgan fingerprint density at radius 2 is 2.28 bits per heavy atom. The van der Waals surface area contributed by atoms with E-state index < -0.39 is 29.7 Å². The number of aromatic nitrogens is 2. The molecular formula is C10H15N3O5. The Hall–Kier alpha value is -1.48. The van der Waals surface area contributed by atoms with Crippen molar-refractivity contribution < 1.29 is 14.9 Å². The highest BCUT2D eigenvalue weighted by atomic mass is 16.5. The largest absolute Gasteiger partial charge is 0.394 e. The predicted octanol–water partition coefficient (Wildman–Crippen LogP) is -2.36. The van der Waals surface area contributed by atoms with Gasteiger partial charge in [-0.05, 0) is 0 Å². The van der Waals surface area contributed by atoms with Gasteiger partial charge in [0.2, 0.25) is 0 Å². The van der Waals surface area contributed by atoms with Crippen molar-refractivity contribution >= 4 is 0 Å². The van der Waals surface area contributed by atoms with E-state index in [-0.39, 0.29) is 25.3 Å². The summed E-state index contributed by atoms with van der Waals surface area (Å²) in [7, 11) is 0. The molecule has 1 aliphatic rings. The van der Waals surface area contributed by atoms with Crippen molar-refractivity contribution in [1.29, 1.82) is 0 Å². The van der Waals surface area contributed by atoms with Crippen molar-refractivity contribution in [2.45, 2.75) is 31.4 Å². The van der Waals surface area contributed by atoms with Gasteiger partial charge in [-0.1, -0.05) is 0 Å². The molecule has 18 heavy (non-hydrogen) atoms. The molecule has 0 aliphatic carbocycles. The summed E-state index contributed by atoms with van der Waals surface area (Å²) in [5.74, 6) is 0. The summed E-state index contributed by atoms with van der Waals surface area (Å²) >= 11 is 0. The Balaban J connectivity index is 2.45. The maximum absolute atomic E-state index is 11.7. The highest BCUT2D eigenvalue weighted by molar-refractivity contribution is 5.03. The Bertz CT molecular complexity index is 537. The molecule has 1 aromatic rings. The van der Waals surface area contributed by atoms with E-state index in [1.807, 2.05) is 0 Å². The second kappa shape index (κ2) is 5.02. The Kier molecular flexibility index (Phi) is 3.62. The fraction of sp³-hybridized carbons (Fsp3) is 0.600. The van der Waals surface area contributed by atoms with E-state index >= 15 is 0 Å². The van der Waals surface area contributed by atoms with E-state index in [1.165, 1.54) is 6.07 Å².